The predicted octanol–water partition coefficient (Wildman–Crippen LogP) is 2.44. The molecule has 0 bridgehead atoms. The fraction of sp³-hybridized carbons (Fsp3) is 0.350. The Morgan fingerprint density at radius 3 is 2.19 bits per heavy atom. The monoisotopic (exact) mass is 378 g/mol. The van der Waals surface area contributed by atoms with Crippen molar-refractivity contribution in [2.75, 3.05) is 36.4 Å². The summed E-state index contributed by atoms with van der Waals surface area (Å²) < 4.78 is 37.8. The number of alkyl halides is 3. The minimum atomic E-state index is -4.38. The van der Waals surface area contributed by atoms with E-state index >= 15 is 0 Å². The van der Waals surface area contributed by atoms with E-state index in [9.17, 15) is 18.0 Å². The van der Waals surface area contributed by atoms with E-state index in [1.54, 1.807) is 0 Å². The first kappa shape index (κ1) is 19.2. The smallest absolute Gasteiger partial charge is 0.360 e. The predicted molar refractivity (Wildman–Crippen MR) is 98.9 cm³/mol. The second-order valence-corrected chi connectivity index (χ2v) is 6.77. The molecular formula is C20H23F3N3O+. The number of nitrogens with one attached hydrogen (secondary N) is 2. The number of rotatable bonds is 4. The molecular weight excluding hydrogens is 355 g/mol. The quantitative estimate of drug-likeness (QED) is 0.858. The van der Waals surface area contributed by atoms with Gasteiger partial charge in [-0.05, 0) is 43.3 Å². The molecule has 0 radical (unpaired) electrons. The van der Waals surface area contributed by atoms with Crippen molar-refractivity contribution in [1.29, 1.82) is 0 Å². The van der Waals surface area contributed by atoms with Crippen molar-refractivity contribution in [3.63, 3.8) is 0 Å². The van der Waals surface area contributed by atoms with E-state index in [1.807, 2.05) is 25.1 Å². The maximum Gasteiger partial charge on any atom is 0.416 e. The van der Waals surface area contributed by atoms with Gasteiger partial charge in [0.25, 0.3) is 5.91 Å². The van der Waals surface area contributed by atoms with E-state index in [-0.39, 0.29) is 11.9 Å². The van der Waals surface area contributed by atoms with E-state index in [0.717, 1.165) is 38.3 Å². The lowest BCUT2D eigenvalue weighted by atomic mass is 10.1. The first-order chi connectivity index (χ1) is 12.8. The molecule has 1 heterocycles. The molecule has 1 saturated heterocycles. The average Bonchev–Trinajstić information content (AvgIpc) is 2.68. The second kappa shape index (κ2) is 8.00. The molecule has 0 spiro atoms. The minimum absolute atomic E-state index is 0.182. The Morgan fingerprint density at radius 1 is 1.04 bits per heavy atom. The summed E-state index contributed by atoms with van der Waals surface area (Å²) in [6, 6.07) is 14.4. The van der Waals surface area contributed by atoms with Crippen LogP contribution >= 0.6 is 0 Å². The number of carbonyl (C=O) groups is 1. The molecule has 1 fully saturated rings. The standard InChI is InChI=1S/C20H22F3N3O/c1-15(19(27)24-17-9-7-16(8-10-17)20(21,22)23)25-11-13-26(14-12-25)18-5-3-2-4-6-18/h2-10,15H,11-14H2,1H3,(H,24,27)/p+1/t15-/m0/s1. The van der Waals surface area contributed by atoms with Crippen molar-refractivity contribution < 1.29 is 22.9 Å². The van der Waals surface area contributed by atoms with Crippen LogP contribution in [0.3, 0.4) is 0 Å². The Balaban J connectivity index is 1.54. The van der Waals surface area contributed by atoms with E-state index < -0.39 is 11.7 Å². The normalized spacial score (nSPS) is 16.8. The number of hydrogen-bond acceptors (Lipinski definition) is 2. The SMILES string of the molecule is C[C@@H](C(=O)Nc1ccc(C(F)(F)F)cc1)[NH+]1CCN(c2ccccc2)CC1. The third-order valence-corrected chi connectivity index (χ3v) is 5.01. The van der Waals surface area contributed by atoms with E-state index in [1.165, 1.54) is 22.7 Å². The fourth-order valence-electron chi connectivity index (χ4n) is 3.30. The number of amides is 1. The van der Waals surface area contributed by atoms with Crippen LogP contribution in [0.4, 0.5) is 24.5 Å². The van der Waals surface area contributed by atoms with Gasteiger partial charge in [-0.3, -0.25) is 4.79 Å². The van der Waals surface area contributed by atoms with Crippen LogP contribution in [-0.2, 0) is 11.0 Å². The largest absolute Gasteiger partial charge is 0.416 e. The van der Waals surface area contributed by atoms with Crippen molar-refractivity contribution in [1.82, 2.24) is 0 Å². The third kappa shape index (κ3) is 4.80. The minimum Gasteiger partial charge on any atom is -0.360 e. The lowest BCUT2D eigenvalue weighted by Gasteiger charge is -2.36. The van der Waals surface area contributed by atoms with Crippen molar-refractivity contribution in [2.45, 2.75) is 19.1 Å². The fourth-order valence-corrected chi connectivity index (χ4v) is 3.30. The molecule has 0 unspecified atom stereocenters. The van der Waals surface area contributed by atoms with Crippen molar-refractivity contribution in [2.24, 2.45) is 0 Å². The Labute approximate surface area is 156 Å². The molecule has 1 aliphatic rings. The lowest BCUT2D eigenvalue weighted by Crippen LogP contribution is -3.19. The number of nitrogens with zero attached hydrogens (tertiary/aromatic N) is 1. The summed E-state index contributed by atoms with van der Waals surface area (Å²) in [6.45, 7) is 5.23. The van der Waals surface area contributed by atoms with Crippen LogP contribution < -0.4 is 15.1 Å². The van der Waals surface area contributed by atoms with Gasteiger partial charge in [0.05, 0.1) is 31.7 Å². The molecule has 2 N–H and O–H groups in total. The number of hydrogen-bond donors (Lipinski definition) is 2. The topological polar surface area (TPSA) is 36.8 Å². The Kier molecular flexibility index (Phi) is 5.70. The van der Waals surface area contributed by atoms with Crippen LogP contribution in [0.5, 0.6) is 0 Å². The number of benzene rings is 2. The zero-order chi connectivity index (χ0) is 19.4. The molecule has 27 heavy (non-hydrogen) atoms. The summed E-state index contributed by atoms with van der Waals surface area (Å²) in [5.74, 6) is -0.182. The van der Waals surface area contributed by atoms with Crippen LogP contribution in [0.15, 0.2) is 54.6 Å². The number of quaternary nitrogens is 1. The highest BCUT2D eigenvalue weighted by molar-refractivity contribution is 5.93. The van der Waals surface area contributed by atoms with Crippen LogP contribution in [0.2, 0.25) is 0 Å². The highest BCUT2D eigenvalue weighted by Crippen LogP contribution is 2.29. The summed E-state index contributed by atoms with van der Waals surface area (Å²) in [5.41, 5.74) is 0.830. The number of anilines is 2. The maximum atomic E-state index is 12.6. The molecule has 144 valence electrons. The van der Waals surface area contributed by atoms with Gasteiger partial charge in [-0.25, -0.2) is 0 Å². The maximum absolute atomic E-state index is 12.6. The molecule has 0 saturated carbocycles. The van der Waals surface area contributed by atoms with Crippen LogP contribution in [0.1, 0.15) is 12.5 Å². The molecule has 1 amide bonds. The number of halogens is 3. The second-order valence-electron chi connectivity index (χ2n) is 6.77. The van der Waals surface area contributed by atoms with Gasteiger partial charge in [0.15, 0.2) is 6.04 Å². The third-order valence-electron chi connectivity index (χ3n) is 5.01. The average molecular weight is 378 g/mol. The van der Waals surface area contributed by atoms with Crippen molar-refractivity contribution in [3.8, 4) is 0 Å². The zero-order valence-corrected chi connectivity index (χ0v) is 15.1. The molecule has 7 heteroatoms. The molecule has 1 aliphatic heterocycles. The van der Waals surface area contributed by atoms with Crippen molar-refractivity contribution >= 4 is 17.3 Å². The number of carbonyl (C=O) groups excluding carboxylic acids is 1. The van der Waals surface area contributed by atoms with Gasteiger partial charge < -0.3 is 15.1 Å². The summed E-state index contributed by atoms with van der Waals surface area (Å²) in [7, 11) is 0. The highest BCUT2D eigenvalue weighted by Gasteiger charge is 2.31. The van der Waals surface area contributed by atoms with E-state index in [4.69, 9.17) is 0 Å². The van der Waals surface area contributed by atoms with Crippen LogP contribution in [0, 0.1) is 0 Å². The van der Waals surface area contributed by atoms with Gasteiger partial charge in [-0.15, -0.1) is 0 Å². The van der Waals surface area contributed by atoms with Crippen LogP contribution in [-0.4, -0.2) is 38.1 Å². The molecule has 3 rings (SSSR count). The number of piperazine rings is 1. The first-order valence-corrected chi connectivity index (χ1v) is 8.97. The molecule has 0 aromatic heterocycles. The van der Waals surface area contributed by atoms with E-state index in [2.05, 4.69) is 22.3 Å². The van der Waals surface area contributed by atoms with Gasteiger partial charge in [-0.2, -0.15) is 13.2 Å². The molecule has 2 aromatic carbocycles. The Hall–Kier alpha value is -2.54. The summed E-state index contributed by atoms with van der Waals surface area (Å²) in [5, 5.41) is 2.72. The summed E-state index contributed by atoms with van der Waals surface area (Å²) >= 11 is 0. The van der Waals surface area contributed by atoms with Crippen molar-refractivity contribution in [3.05, 3.63) is 60.2 Å². The van der Waals surface area contributed by atoms with Crippen LogP contribution in [0.25, 0.3) is 0 Å². The Morgan fingerprint density at radius 2 is 1.63 bits per heavy atom. The number of para-hydroxylation sites is 1. The zero-order valence-electron chi connectivity index (χ0n) is 15.1. The lowest BCUT2D eigenvalue weighted by molar-refractivity contribution is -0.914. The molecule has 2 aromatic rings. The highest BCUT2D eigenvalue weighted by atomic mass is 19.4. The van der Waals surface area contributed by atoms with Gasteiger partial charge in [0, 0.05) is 11.4 Å². The van der Waals surface area contributed by atoms with E-state index in [0.29, 0.717) is 5.69 Å². The van der Waals surface area contributed by atoms with Gasteiger partial charge in [0.1, 0.15) is 0 Å². The summed E-state index contributed by atoms with van der Waals surface area (Å²) in [6.07, 6.45) is -4.38. The van der Waals surface area contributed by atoms with Gasteiger partial charge in [0.2, 0.25) is 0 Å². The van der Waals surface area contributed by atoms with Gasteiger partial charge in [-0.1, -0.05) is 18.2 Å². The summed E-state index contributed by atoms with van der Waals surface area (Å²) in [4.78, 5) is 15.9. The molecule has 4 nitrogen and oxygen atoms in total. The van der Waals surface area contributed by atoms with Gasteiger partial charge >= 0.3 is 6.18 Å². The molecule has 1 atom stereocenters. The Bertz CT molecular complexity index is 754. The first-order valence-electron chi connectivity index (χ1n) is 8.97. The molecule has 0 aliphatic carbocycles.